The van der Waals surface area contributed by atoms with E-state index in [1.807, 2.05) is 47.3 Å². The first-order chi connectivity index (χ1) is 15.5. The zero-order valence-electron chi connectivity index (χ0n) is 18.2. The Labute approximate surface area is 184 Å². The first-order valence-electron chi connectivity index (χ1n) is 10.8. The standard InChI is InChI=1S/C22H26F2N8/c1-3-5-6-19-25-21(22(23,24)12-4-2)28-32(19)14-16-7-9-18(10-8-16)31-13-11-17(15-31)20-26-29-30-27-20/h7-11,13,15H,3-6,12,14H2,1-2H3,(H,26,27,29,30). The Hall–Kier alpha value is -3.43. The van der Waals surface area contributed by atoms with Crippen molar-refractivity contribution < 1.29 is 8.78 Å². The molecule has 0 saturated carbocycles. The van der Waals surface area contributed by atoms with E-state index >= 15 is 0 Å². The van der Waals surface area contributed by atoms with E-state index in [-0.39, 0.29) is 12.2 Å². The SMILES string of the molecule is CCCCc1nc(C(F)(F)CCC)nn1Cc1ccc(-n2ccc(-c3nn[nH]n3)c2)cc1. The lowest BCUT2D eigenvalue weighted by Crippen LogP contribution is -2.15. The summed E-state index contributed by atoms with van der Waals surface area (Å²) in [7, 11) is 0. The lowest BCUT2D eigenvalue weighted by Gasteiger charge is -2.10. The molecule has 0 atom stereocenters. The summed E-state index contributed by atoms with van der Waals surface area (Å²) in [5.74, 6) is -2.24. The van der Waals surface area contributed by atoms with Crippen LogP contribution in [0.25, 0.3) is 17.1 Å². The Balaban J connectivity index is 1.53. The van der Waals surface area contributed by atoms with Crippen molar-refractivity contribution in [2.45, 2.75) is 58.4 Å². The summed E-state index contributed by atoms with van der Waals surface area (Å²) in [6, 6.07) is 9.80. The van der Waals surface area contributed by atoms with Gasteiger partial charge in [0.05, 0.1) is 6.54 Å². The molecule has 0 radical (unpaired) electrons. The second-order valence-electron chi connectivity index (χ2n) is 7.78. The van der Waals surface area contributed by atoms with Crippen molar-refractivity contribution in [2.75, 3.05) is 0 Å². The molecule has 3 aromatic heterocycles. The van der Waals surface area contributed by atoms with E-state index < -0.39 is 5.92 Å². The maximum absolute atomic E-state index is 14.4. The molecule has 0 unspecified atom stereocenters. The number of unbranched alkanes of at least 4 members (excludes halogenated alkanes) is 1. The van der Waals surface area contributed by atoms with Crippen LogP contribution in [-0.2, 0) is 18.9 Å². The van der Waals surface area contributed by atoms with Crippen molar-refractivity contribution in [1.29, 1.82) is 0 Å². The van der Waals surface area contributed by atoms with Crippen molar-refractivity contribution >= 4 is 0 Å². The van der Waals surface area contributed by atoms with Crippen molar-refractivity contribution in [2.24, 2.45) is 0 Å². The van der Waals surface area contributed by atoms with Crippen LogP contribution in [-0.4, -0.2) is 40.0 Å². The molecule has 0 fully saturated rings. The summed E-state index contributed by atoms with van der Waals surface area (Å²) in [5.41, 5.74) is 2.78. The van der Waals surface area contributed by atoms with Gasteiger partial charge in [-0.05, 0) is 41.8 Å². The minimum absolute atomic E-state index is 0.248. The number of hydrogen-bond acceptors (Lipinski definition) is 5. The van der Waals surface area contributed by atoms with Gasteiger partial charge in [0.2, 0.25) is 11.6 Å². The van der Waals surface area contributed by atoms with Crippen LogP contribution in [0.5, 0.6) is 0 Å². The lowest BCUT2D eigenvalue weighted by atomic mass is 10.2. The number of nitrogens with one attached hydrogen (secondary N) is 1. The second kappa shape index (κ2) is 9.37. The molecule has 10 heteroatoms. The van der Waals surface area contributed by atoms with Crippen LogP contribution in [0.4, 0.5) is 8.78 Å². The number of halogens is 2. The molecule has 0 aliphatic carbocycles. The lowest BCUT2D eigenvalue weighted by molar-refractivity contribution is -0.0232. The normalized spacial score (nSPS) is 11.9. The van der Waals surface area contributed by atoms with Gasteiger partial charge < -0.3 is 4.57 Å². The van der Waals surface area contributed by atoms with Crippen LogP contribution in [0.2, 0.25) is 0 Å². The number of hydrogen-bond donors (Lipinski definition) is 1. The molecule has 1 aromatic carbocycles. The van der Waals surface area contributed by atoms with Crippen molar-refractivity contribution in [3.63, 3.8) is 0 Å². The molecule has 32 heavy (non-hydrogen) atoms. The van der Waals surface area contributed by atoms with Crippen LogP contribution in [0, 0.1) is 0 Å². The highest BCUT2D eigenvalue weighted by molar-refractivity contribution is 5.54. The Kier molecular flexibility index (Phi) is 6.38. The molecule has 3 heterocycles. The Morgan fingerprint density at radius 3 is 2.56 bits per heavy atom. The first-order valence-corrected chi connectivity index (χ1v) is 10.8. The van der Waals surface area contributed by atoms with E-state index in [2.05, 4.69) is 37.6 Å². The third-order valence-electron chi connectivity index (χ3n) is 5.26. The monoisotopic (exact) mass is 440 g/mol. The number of rotatable bonds is 10. The van der Waals surface area contributed by atoms with Crippen LogP contribution >= 0.6 is 0 Å². The van der Waals surface area contributed by atoms with Gasteiger partial charge in [-0.15, -0.1) is 15.3 Å². The largest absolute Gasteiger partial charge is 0.323 e. The van der Waals surface area contributed by atoms with E-state index in [0.29, 0.717) is 31.0 Å². The Bertz CT molecular complexity index is 1130. The fourth-order valence-electron chi connectivity index (χ4n) is 3.52. The highest BCUT2D eigenvalue weighted by Gasteiger charge is 2.36. The summed E-state index contributed by atoms with van der Waals surface area (Å²) >= 11 is 0. The molecule has 0 spiro atoms. The zero-order chi connectivity index (χ0) is 22.6. The van der Waals surface area contributed by atoms with E-state index in [0.717, 1.165) is 29.7 Å². The van der Waals surface area contributed by atoms with Gasteiger partial charge in [-0.2, -0.15) is 14.0 Å². The van der Waals surface area contributed by atoms with E-state index in [4.69, 9.17) is 0 Å². The van der Waals surface area contributed by atoms with E-state index in [9.17, 15) is 8.78 Å². The van der Waals surface area contributed by atoms with Gasteiger partial charge in [-0.1, -0.05) is 32.4 Å². The Morgan fingerprint density at radius 1 is 1.06 bits per heavy atom. The number of alkyl halides is 2. The molecule has 1 N–H and O–H groups in total. The minimum atomic E-state index is -3.00. The van der Waals surface area contributed by atoms with Gasteiger partial charge in [-0.3, -0.25) is 0 Å². The fourth-order valence-corrected chi connectivity index (χ4v) is 3.52. The number of H-pyrrole nitrogens is 1. The number of aromatic nitrogens is 8. The van der Waals surface area contributed by atoms with E-state index in [1.165, 1.54) is 0 Å². The minimum Gasteiger partial charge on any atom is -0.323 e. The molecule has 0 aliphatic rings. The van der Waals surface area contributed by atoms with Crippen LogP contribution in [0.15, 0.2) is 42.7 Å². The van der Waals surface area contributed by atoms with Crippen molar-refractivity contribution in [1.82, 2.24) is 40.0 Å². The number of aromatic amines is 1. The first kappa shape index (κ1) is 21.8. The zero-order valence-corrected chi connectivity index (χ0v) is 18.2. The fraction of sp³-hybridized carbons (Fsp3) is 0.409. The molecule has 0 saturated heterocycles. The topological polar surface area (TPSA) is 90.1 Å². The third-order valence-corrected chi connectivity index (χ3v) is 5.26. The molecule has 0 aliphatic heterocycles. The summed E-state index contributed by atoms with van der Waals surface area (Å²) in [4.78, 5) is 4.20. The summed E-state index contributed by atoms with van der Waals surface area (Å²) < 4.78 is 32.4. The maximum atomic E-state index is 14.4. The molecule has 168 valence electrons. The summed E-state index contributed by atoms with van der Waals surface area (Å²) in [6.07, 6.45) is 6.44. The van der Waals surface area contributed by atoms with Gasteiger partial charge in [0.25, 0.3) is 0 Å². The second-order valence-corrected chi connectivity index (χ2v) is 7.78. The maximum Gasteiger partial charge on any atom is 0.308 e. The quantitative estimate of drug-likeness (QED) is 0.391. The molecule has 4 rings (SSSR count). The molecule has 4 aromatic rings. The van der Waals surface area contributed by atoms with E-state index in [1.54, 1.807) is 11.6 Å². The highest BCUT2D eigenvalue weighted by atomic mass is 19.3. The molecular weight excluding hydrogens is 414 g/mol. The summed E-state index contributed by atoms with van der Waals surface area (Å²) in [5, 5.41) is 18.2. The number of nitrogens with zero attached hydrogens (tertiary/aromatic N) is 7. The molecule has 0 bridgehead atoms. The van der Waals surface area contributed by atoms with Gasteiger partial charge in [0, 0.05) is 36.5 Å². The van der Waals surface area contributed by atoms with Gasteiger partial charge >= 0.3 is 5.92 Å². The van der Waals surface area contributed by atoms with Crippen LogP contribution in [0.3, 0.4) is 0 Å². The van der Waals surface area contributed by atoms with Gasteiger partial charge in [0.15, 0.2) is 0 Å². The smallest absolute Gasteiger partial charge is 0.308 e. The van der Waals surface area contributed by atoms with Crippen molar-refractivity contribution in [3.05, 3.63) is 59.9 Å². The van der Waals surface area contributed by atoms with Crippen LogP contribution in [0.1, 0.15) is 56.7 Å². The average Bonchev–Trinajstić information content (AvgIpc) is 3.53. The number of tetrazole rings is 1. The van der Waals surface area contributed by atoms with Gasteiger partial charge in [0.1, 0.15) is 5.82 Å². The molecule has 0 amide bonds. The predicted molar refractivity (Wildman–Crippen MR) is 115 cm³/mol. The van der Waals surface area contributed by atoms with Crippen LogP contribution < -0.4 is 0 Å². The molecule has 8 nitrogen and oxygen atoms in total. The van der Waals surface area contributed by atoms with Crippen molar-refractivity contribution in [3.8, 4) is 17.1 Å². The number of benzene rings is 1. The Morgan fingerprint density at radius 2 is 1.88 bits per heavy atom. The summed E-state index contributed by atoms with van der Waals surface area (Å²) in [6.45, 7) is 4.20. The predicted octanol–water partition coefficient (Wildman–Crippen LogP) is 4.53. The third kappa shape index (κ3) is 4.74. The molecular formula is C22H26F2N8. The number of aryl methyl sites for hydroxylation is 1. The average molecular weight is 441 g/mol. The highest BCUT2D eigenvalue weighted by Crippen LogP contribution is 2.31. The van der Waals surface area contributed by atoms with Gasteiger partial charge in [-0.25, -0.2) is 9.67 Å².